The summed E-state index contributed by atoms with van der Waals surface area (Å²) in [6.45, 7) is 9.57. The third-order valence-electron chi connectivity index (χ3n) is 4.29. The number of guanidine groups is 1. The number of aromatic nitrogens is 1. The van der Waals surface area contributed by atoms with E-state index in [0.717, 1.165) is 31.4 Å². The number of nitrogens with one attached hydrogen (secondary N) is 2. The molecule has 1 aromatic rings. The Morgan fingerprint density at radius 1 is 1.26 bits per heavy atom. The van der Waals surface area contributed by atoms with Crippen molar-refractivity contribution in [3.8, 4) is 0 Å². The van der Waals surface area contributed by atoms with Crippen molar-refractivity contribution in [3.05, 3.63) is 23.9 Å². The number of hydrogen-bond acceptors (Lipinski definition) is 3. The van der Waals surface area contributed by atoms with Gasteiger partial charge in [0, 0.05) is 38.9 Å². The van der Waals surface area contributed by atoms with E-state index in [1.807, 2.05) is 6.20 Å². The largest absolute Gasteiger partial charge is 0.357 e. The summed E-state index contributed by atoms with van der Waals surface area (Å²) in [5.41, 5.74) is 1.17. The van der Waals surface area contributed by atoms with Crippen LogP contribution in [0.15, 0.2) is 23.3 Å². The van der Waals surface area contributed by atoms with Crippen LogP contribution in [0.5, 0.6) is 0 Å². The topological polar surface area (TPSA) is 52.6 Å². The third-order valence-corrected chi connectivity index (χ3v) is 4.29. The number of pyridine rings is 1. The van der Waals surface area contributed by atoms with E-state index in [1.165, 1.54) is 18.4 Å². The van der Waals surface area contributed by atoms with Gasteiger partial charge in [0.1, 0.15) is 5.82 Å². The van der Waals surface area contributed by atoms with Gasteiger partial charge in [0.2, 0.25) is 0 Å². The fourth-order valence-corrected chi connectivity index (χ4v) is 2.42. The van der Waals surface area contributed by atoms with E-state index in [4.69, 9.17) is 0 Å². The number of aliphatic imine (C=N–C) groups is 1. The fraction of sp³-hybridized carbons (Fsp3) is 0.647. The molecule has 0 spiro atoms. The minimum absolute atomic E-state index is 0. The highest BCUT2D eigenvalue weighted by Gasteiger charge is 2.13. The number of nitrogens with zero attached hydrogens (tertiary/aromatic N) is 3. The van der Waals surface area contributed by atoms with Crippen molar-refractivity contribution in [2.75, 3.05) is 25.0 Å². The molecular formula is C17H30IN5. The van der Waals surface area contributed by atoms with Gasteiger partial charge in [0.05, 0.1) is 0 Å². The summed E-state index contributed by atoms with van der Waals surface area (Å²) in [6, 6.07) is 4.66. The minimum Gasteiger partial charge on any atom is -0.357 e. The first-order valence-corrected chi connectivity index (χ1v) is 8.27. The molecule has 1 aliphatic heterocycles. The van der Waals surface area contributed by atoms with Gasteiger partial charge in [0.25, 0.3) is 0 Å². The molecule has 0 saturated carbocycles. The summed E-state index contributed by atoms with van der Waals surface area (Å²) in [6.07, 6.45) is 4.52. The smallest absolute Gasteiger partial charge is 0.191 e. The first-order valence-electron chi connectivity index (χ1n) is 8.27. The predicted octanol–water partition coefficient (Wildman–Crippen LogP) is 3.01. The van der Waals surface area contributed by atoms with Crippen molar-refractivity contribution in [3.63, 3.8) is 0 Å². The summed E-state index contributed by atoms with van der Waals surface area (Å²) in [5.74, 6) is 2.50. The maximum absolute atomic E-state index is 4.58. The molecule has 0 radical (unpaired) electrons. The molecule has 1 unspecified atom stereocenters. The van der Waals surface area contributed by atoms with Crippen LogP contribution in [-0.4, -0.2) is 37.1 Å². The molecular weight excluding hydrogens is 401 g/mol. The zero-order chi connectivity index (χ0) is 15.9. The first-order chi connectivity index (χ1) is 10.6. The van der Waals surface area contributed by atoms with Gasteiger partial charge in [-0.15, -0.1) is 24.0 Å². The van der Waals surface area contributed by atoms with Crippen LogP contribution >= 0.6 is 24.0 Å². The molecule has 1 aromatic heterocycles. The van der Waals surface area contributed by atoms with Gasteiger partial charge in [-0.3, -0.25) is 4.99 Å². The second kappa shape index (κ2) is 9.95. The normalized spacial score (nSPS) is 16.2. The maximum atomic E-state index is 4.58. The molecule has 5 nitrogen and oxygen atoms in total. The Hall–Kier alpha value is -1.05. The molecule has 1 saturated heterocycles. The Kier molecular flexibility index (Phi) is 8.65. The highest BCUT2D eigenvalue weighted by Crippen LogP contribution is 2.17. The fourth-order valence-electron chi connectivity index (χ4n) is 2.42. The number of halogens is 1. The van der Waals surface area contributed by atoms with Crippen molar-refractivity contribution < 1.29 is 0 Å². The SMILES string of the molecule is CN=C(NCc1ccc(N2CCCC2)nc1)NC(C)C(C)C.I. The predicted molar refractivity (Wildman–Crippen MR) is 109 cm³/mol. The molecule has 2 heterocycles. The lowest BCUT2D eigenvalue weighted by Gasteiger charge is -2.21. The van der Waals surface area contributed by atoms with Crippen LogP contribution in [-0.2, 0) is 6.54 Å². The Morgan fingerprint density at radius 3 is 2.48 bits per heavy atom. The highest BCUT2D eigenvalue weighted by molar-refractivity contribution is 14.0. The Morgan fingerprint density at radius 2 is 1.96 bits per heavy atom. The first kappa shape index (κ1) is 20.0. The summed E-state index contributed by atoms with van der Waals surface area (Å²) in [7, 11) is 1.80. The van der Waals surface area contributed by atoms with Crippen LogP contribution in [0.1, 0.15) is 39.2 Å². The van der Waals surface area contributed by atoms with Crippen LogP contribution in [0.4, 0.5) is 5.82 Å². The van der Waals surface area contributed by atoms with Crippen molar-refractivity contribution in [2.45, 2.75) is 46.2 Å². The molecule has 6 heteroatoms. The molecule has 2 rings (SSSR count). The average Bonchev–Trinajstić information content (AvgIpc) is 3.06. The van der Waals surface area contributed by atoms with E-state index < -0.39 is 0 Å². The number of rotatable bonds is 5. The van der Waals surface area contributed by atoms with Gasteiger partial charge in [-0.1, -0.05) is 19.9 Å². The third kappa shape index (κ3) is 6.16. The standard InChI is InChI=1S/C17H29N5.HI/c1-13(2)14(3)21-17(18-4)20-12-15-7-8-16(19-11-15)22-9-5-6-10-22;/h7-8,11,13-14H,5-6,9-10,12H2,1-4H3,(H2,18,20,21);1H. The van der Waals surface area contributed by atoms with Gasteiger partial charge >= 0.3 is 0 Å². The molecule has 1 fully saturated rings. The van der Waals surface area contributed by atoms with Crippen LogP contribution in [0.3, 0.4) is 0 Å². The number of hydrogen-bond donors (Lipinski definition) is 2. The second-order valence-corrected chi connectivity index (χ2v) is 6.32. The van der Waals surface area contributed by atoms with Crippen molar-refractivity contribution in [1.29, 1.82) is 0 Å². The van der Waals surface area contributed by atoms with Gasteiger partial charge < -0.3 is 15.5 Å². The molecule has 23 heavy (non-hydrogen) atoms. The van der Waals surface area contributed by atoms with Gasteiger partial charge in [-0.25, -0.2) is 4.98 Å². The van der Waals surface area contributed by atoms with Crippen molar-refractivity contribution in [2.24, 2.45) is 10.9 Å². The molecule has 0 aromatic carbocycles. The molecule has 0 aliphatic carbocycles. The monoisotopic (exact) mass is 431 g/mol. The lowest BCUT2D eigenvalue weighted by Crippen LogP contribution is -2.43. The molecule has 2 N–H and O–H groups in total. The summed E-state index contributed by atoms with van der Waals surface area (Å²) in [4.78, 5) is 11.2. The zero-order valence-electron chi connectivity index (χ0n) is 14.7. The van der Waals surface area contributed by atoms with E-state index in [1.54, 1.807) is 7.05 Å². The molecule has 0 bridgehead atoms. The highest BCUT2D eigenvalue weighted by atomic mass is 127. The van der Waals surface area contributed by atoms with E-state index >= 15 is 0 Å². The van der Waals surface area contributed by atoms with Gasteiger partial charge in [-0.05, 0) is 37.3 Å². The lowest BCUT2D eigenvalue weighted by molar-refractivity contribution is 0.481. The van der Waals surface area contributed by atoms with E-state index in [-0.39, 0.29) is 24.0 Å². The van der Waals surface area contributed by atoms with Crippen LogP contribution in [0, 0.1) is 5.92 Å². The van der Waals surface area contributed by atoms with Crippen molar-refractivity contribution >= 4 is 35.8 Å². The van der Waals surface area contributed by atoms with Gasteiger partial charge in [0.15, 0.2) is 5.96 Å². The van der Waals surface area contributed by atoms with Gasteiger partial charge in [-0.2, -0.15) is 0 Å². The zero-order valence-corrected chi connectivity index (χ0v) is 17.0. The van der Waals surface area contributed by atoms with Crippen LogP contribution in [0.2, 0.25) is 0 Å². The van der Waals surface area contributed by atoms with Crippen LogP contribution in [0.25, 0.3) is 0 Å². The average molecular weight is 431 g/mol. The quantitative estimate of drug-likeness (QED) is 0.428. The van der Waals surface area contributed by atoms with E-state index in [9.17, 15) is 0 Å². The molecule has 1 atom stereocenters. The maximum Gasteiger partial charge on any atom is 0.191 e. The summed E-state index contributed by atoms with van der Waals surface area (Å²) in [5, 5.41) is 6.75. The molecule has 1 aliphatic rings. The lowest BCUT2D eigenvalue weighted by atomic mass is 10.1. The molecule has 130 valence electrons. The molecule has 0 amide bonds. The summed E-state index contributed by atoms with van der Waals surface area (Å²) >= 11 is 0. The van der Waals surface area contributed by atoms with Crippen molar-refractivity contribution in [1.82, 2.24) is 15.6 Å². The van der Waals surface area contributed by atoms with E-state index in [0.29, 0.717) is 12.0 Å². The van der Waals surface area contributed by atoms with E-state index in [2.05, 4.69) is 58.4 Å². The second-order valence-electron chi connectivity index (χ2n) is 6.32. The van der Waals surface area contributed by atoms with Crippen LogP contribution < -0.4 is 15.5 Å². The summed E-state index contributed by atoms with van der Waals surface area (Å²) < 4.78 is 0. The minimum atomic E-state index is 0. The Labute approximate surface area is 157 Å². The number of anilines is 1. The Balaban J connectivity index is 0.00000264. The Bertz CT molecular complexity index is 480.